The van der Waals surface area contributed by atoms with Crippen molar-refractivity contribution in [3.63, 3.8) is 0 Å². The van der Waals surface area contributed by atoms with Crippen molar-refractivity contribution in [1.82, 2.24) is 9.80 Å². The molecule has 4 amide bonds. The van der Waals surface area contributed by atoms with E-state index < -0.39 is 29.5 Å². The zero-order chi connectivity index (χ0) is 31.7. The van der Waals surface area contributed by atoms with E-state index in [2.05, 4.69) is 20.4 Å². The maximum Gasteiger partial charge on any atom is 0.345 e. The van der Waals surface area contributed by atoms with E-state index in [1.165, 1.54) is 40.3 Å². The first kappa shape index (κ1) is 30.2. The quantitative estimate of drug-likeness (QED) is 0.249. The number of amides is 4. The largest absolute Gasteiger partial charge is 0.345 e. The maximum atomic E-state index is 14.2. The fraction of sp³-hybridized carbons (Fsp3) is 0.235. The highest BCUT2D eigenvalue weighted by atomic mass is 19.2. The molecule has 0 atom stereocenters. The van der Waals surface area contributed by atoms with E-state index in [0.717, 1.165) is 60.3 Å². The number of benzene rings is 4. The average Bonchev–Trinajstić information content (AvgIpc) is 3.02. The average molecular weight is 615 g/mol. The summed E-state index contributed by atoms with van der Waals surface area (Å²) < 4.78 is 41.5. The molecule has 0 aromatic heterocycles. The SMILES string of the molecule is CN1CCc2ccc(N(C(=O)Nc3ccc(F)cc3)N(C(=O)Nc3ccc(F)c(F)c3)c3ccc4c(c3)CN(C)CC4)cc2C1. The first-order valence-electron chi connectivity index (χ1n) is 14.7. The number of nitrogens with zero attached hydrogens (tertiary/aromatic N) is 4. The fourth-order valence-corrected chi connectivity index (χ4v) is 5.74. The number of nitrogens with one attached hydrogen (secondary N) is 2. The third-order valence-corrected chi connectivity index (χ3v) is 8.13. The maximum absolute atomic E-state index is 14.2. The predicted molar refractivity (Wildman–Crippen MR) is 169 cm³/mol. The zero-order valence-electron chi connectivity index (χ0n) is 25.0. The Morgan fingerprint density at radius 2 is 1.09 bits per heavy atom. The zero-order valence-corrected chi connectivity index (χ0v) is 25.0. The number of rotatable bonds is 4. The van der Waals surface area contributed by atoms with Crippen molar-refractivity contribution in [2.45, 2.75) is 25.9 Å². The smallest absolute Gasteiger partial charge is 0.306 e. The standard InChI is InChI=1S/C34H33F3N6O2/c1-40-15-13-22-3-10-29(17-24(22)20-40)42(33(44)38-27-7-5-26(35)6-8-27)43(34(45)39-28-9-12-31(36)32(37)19-28)30-11-4-23-14-16-41(2)21-25(23)18-30/h3-12,17-19H,13-16,20-21H2,1-2H3,(H,38,44)(H,39,45). The Labute approximate surface area is 259 Å². The number of halogens is 3. The summed E-state index contributed by atoms with van der Waals surface area (Å²) in [5.41, 5.74) is 5.39. The van der Waals surface area contributed by atoms with Crippen LogP contribution in [0.15, 0.2) is 78.9 Å². The number of hydrogen-bond donors (Lipinski definition) is 2. The summed E-state index contributed by atoms with van der Waals surface area (Å²) in [4.78, 5) is 32.8. The second kappa shape index (κ2) is 12.6. The van der Waals surface area contributed by atoms with Crippen molar-refractivity contribution < 1.29 is 22.8 Å². The lowest BCUT2D eigenvalue weighted by Gasteiger charge is -2.36. The molecule has 11 heteroatoms. The second-order valence-electron chi connectivity index (χ2n) is 11.5. The summed E-state index contributed by atoms with van der Waals surface area (Å²) in [5, 5.41) is 7.81. The Morgan fingerprint density at radius 3 is 1.60 bits per heavy atom. The van der Waals surface area contributed by atoms with Crippen molar-refractivity contribution in [2.24, 2.45) is 0 Å². The summed E-state index contributed by atoms with van der Waals surface area (Å²) in [7, 11) is 4.02. The third kappa shape index (κ3) is 6.64. The molecule has 0 saturated heterocycles. The van der Waals surface area contributed by atoms with Crippen molar-refractivity contribution in [1.29, 1.82) is 0 Å². The molecule has 2 heterocycles. The lowest BCUT2D eigenvalue weighted by Crippen LogP contribution is -2.54. The third-order valence-electron chi connectivity index (χ3n) is 8.13. The summed E-state index contributed by atoms with van der Waals surface area (Å²) in [5.74, 6) is -2.64. The van der Waals surface area contributed by atoms with E-state index in [0.29, 0.717) is 30.2 Å². The van der Waals surface area contributed by atoms with Gasteiger partial charge in [-0.2, -0.15) is 10.0 Å². The lowest BCUT2D eigenvalue weighted by molar-refractivity contribution is 0.248. The van der Waals surface area contributed by atoms with Gasteiger partial charge in [0.25, 0.3) is 0 Å². The Bertz CT molecular complexity index is 1750. The Hall–Kier alpha value is -4.87. The van der Waals surface area contributed by atoms with Crippen molar-refractivity contribution in [3.05, 3.63) is 119 Å². The molecule has 2 aliphatic heterocycles. The second-order valence-corrected chi connectivity index (χ2v) is 11.5. The number of anilines is 4. The molecule has 4 aromatic carbocycles. The number of hydrogen-bond acceptors (Lipinski definition) is 4. The van der Waals surface area contributed by atoms with E-state index in [9.17, 15) is 22.8 Å². The summed E-state index contributed by atoms with van der Waals surface area (Å²) >= 11 is 0. The highest BCUT2D eigenvalue weighted by Gasteiger charge is 2.32. The molecule has 0 unspecified atom stereocenters. The molecule has 45 heavy (non-hydrogen) atoms. The van der Waals surface area contributed by atoms with Crippen LogP contribution in [-0.2, 0) is 25.9 Å². The van der Waals surface area contributed by atoms with Crippen LogP contribution in [0.5, 0.6) is 0 Å². The summed E-state index contributed by atoms with van der Waals surface area (Å²) in [6.07, 6.45) is 1.67. The summed E-state index contributed by atoms with van der Waals surface area (Å²) in [6.45, 7) is 3.09. The highest BCUT2D eigenvalue weighted by molar-refractivity contribution is 6.13. The van der Waals surface area contributed by atoms with Crippen LogP contribution >= 0.6 is 0 Å². The lowest BCUT2D eigenvalue weighted by atomic mass is 9.99. The summed E-state index contributed by atoms with van der Waals surface area (Å²) in [6, 6.07) is 18.0. The van der Waals surface area contributed by atoms with Gasteiger partial charge in [0.1, 0.15) is 5.82 Å². The van der Waals surface area contributed by atoms with Crippen LogP contribution in [0.4, 0.5) is 45.5 Å². The number of urea groups is 2. The van der Waals surface area contributed by atoms with E-state index >= 15 is 0 Å². The van der Waals surface area contributed by atoms with Gasteiger partial charge in [-0.15, -0.1) is 0 Å². The first-order valence-corrected chi connectivity index (χ1v) is 14.7. The van der Waals surface area contributed by atoms with Gasteiger partial charge in [0.15, 0.2) is 11.6 Å². The van der Waals surface area contributed by atoms with Gasteiger partial charge in [-0.05, 0) is 110 Å². The molecule has 4 aromatic rings. The van der Waals surface area contributed by atoms with Crippen LogP contribution in [0.1, 0.15) is 22.3 Å². The van der Waals surface area contributed by atoms with Crippen LogP contribution < -0.4 is 20.7 Å². The van der Waals surface area contributed by atoms with Gasteiger partial charge < -0.3 is 20.4 Å². The van der Waals surface area contributed by atoms with E-state index in [-0.39, 0.29) is 5.69 Å². The van der Waals surface area contributed by atoms with Gasteiger partial charge in [0.05, 0.1) is 11.4 Å². The number of carbonyl (C=O) groups is 2. The Morgan fingerprint density at radius 1 is 0.600 bits per heavy atom. The number of likely N-dealkylation sites (N-methyl/N-ethyl adjacent to an activating group) is 2. The van der Waals surface area contributed by atoms with Crippen LogP contribution in [0.2, 0.25) is 0 Å². The molecule has 0 spiro atoms. The van der Waals surface area contributed by atoms with Gasteiger partial charge in [-0.1, -0.05) is 12.1 Å². The molecule has 0 saturated carbocycles. The molecule has 232 valence electrons. The van der Waals surface area contributed by atoms with Gasteiger partial charge in [0, 0.05) is 43.6 Å². The molecule has 2 N–H and O–H groups in total. The molecule has 6 rings (SSSR count). The Kier molecular flexibility index (Phi) is 8.46. The molecular formula is C34H33F3N6O2. The molecule has 2 aliphatic rings. The van der Waals surface area contributed by atoms with Gasteiger partial charge in [-0.3, -0.25) is 0 Å². The van der Waals surface area contributed by atoms with E-state index in [1.807, 2.05) is 38.4 Å². The van der Waals surface area contributed by atoms with Crippen molar-refractivity contribution in [3.8, 4) is 0 Å². The molecular weight excluding hydrogens is 581 g/mol. The van der Waals surface area contributed by atoms with E-state index in [4.69, 9.17) is 0 Å². The van der Waals surface area contributed by atoms with Crippen LogP contribution in [0, 0.1) is 17.5 Å². The van der Waals surface area contributed by atoms with Crippen LogP contribution in [-0.4, -0.2) is 49.0 Å². The highest BCUT2D eigenvalue weighted by Crippen LogP contribution is 2.32. The minimum atomic E-state index is -1.12. The normalized spacial score (nSPS) is 14.7. The molecule has 0 bridgehead atoms. The molecule has 0 aliphatic carbocycles. The van der Waals surface area contributed by atoms with Crippen molar-refractivity contribution in [2.75, 3.05) is 47.8 Å². The number of carbonyl (C=O) groups excluding carboxylic acids is 2. The molecule has 0 radical (unpaired) electrons. The van der Waals surface area contributed by atoms with Crippen LogP contribution in [0.25, 0.3) is 0 Å². The molecule has 0 fully saturated rings. The minimum Gasteiger partial charge on any atom is -0.306 e. The van der Waals surface area contributed by atoms with E-state index in [1.54, 1.807) is 12.1 Å². The fourth-order valence-electron chi connectivity index (χ4n) is 5.74. The monoisotopic (exact) mass is 614 g/mol. The first-order chi connectivity index (χ1) is 21.6. The van der Waals surface area contributed by atoms with Crippen molar-refractivity contribution >= 4 is 34.8 Å². The number of fused-ring (bicyclic) bond motifs is 2. The van der Waals surface area contributed by atoms with Gasteiger partial charge in [0.2, 0.25) is 0 Å². The number of hydrazine groups is 1. The van der Waals surface area contributed by atoms with Crippen LogP contribution in [0.3, 0.4) is 0 Å². The van der Waals surface area contributed by atoms with Gasteiger partial charge >= 0.3 is 12.1 Å². The molecule has 8 nitrogen and oxygen atoms in total. The predicted octanol–water partition coefficient (Wildman–Crippen LogP) is 6.77. The minimum absolute atomic E-state index is 0.00699. The Balaban J connectivity index is 1.47. The topological polar surface area (TPSA) is 71.2 Å². The van der Waals surface area contributed by atoms with Gasteiger partial charge in [-0.25, -0.2) is 22.8 Å².